The van der Waals surface area contributed by atoms with Crippen molar-refractivity contribution in [1.29, 1.82) is 0 Å². The van der Waals surface area contributed by atoms with Gasteiger partial charge in [0.15, 0.2) is 0 Å². The van der Waals surface area contributed by atoms with E-state index in [1.807, 2.05) is 0 Å². The second-order valence-corrected chi connectivity index (χ2v) is 4.57. The molecule has 0 radical (unpaired) electrons. The van der Waals surface area contributed by atoms with Gasteiger partial charge in [-0.1, -0.05) is 6.07 Å². The third-order valence-corrected chi connectivity index (χ3v) is 3.33. The molecule has 1 amide bonds. The van der Waals surface area contributed by atoms with Crippen molar-refractivity contribution in [3.05, 3.63) is 23.8 Å². The van der Waals surface area contributed by atoms with Crippen molar-refractivity contribution >= 4 is 5.91 Å². The van der Waals surface area contributed by atoms with Crippen LogP contribution in [0.3, 0.4) is 0 Å². The number of carbonyl (C=O) groups excluding carboxylic acids is 1. The molecular weight excluding hydrogens is 258 g/mol. The summed E-state index contributed by atoms with van der Waals surface area (Å²) in [6.45, 7) is 4.30. The number of piperazine rings is 1. The van der Waals surface area contributed by atoms with Crippen molar-refractivity contribution in [3.63, 3.8) is 0 Å². The Morgan fingerprint density at radius 1 is 1.25 bits per heavy atom. The average molecular weight is 279 g/mol. The van der Waals surface area contributed by atoms with Gasteiger partial charge in [-0.2, -0.15) is 0 Å². The summed E-state index contributed by atoms with van der Waals surface area (Å²) in [6, 6.07) is 5.30. The fourth-order valence-corrected chi connectivity index (χ4v) is 2.22. The van der Waals surface area contributed by atoms with Crippen molar-refractivity contribution in [2.45, 2.75) is 0 Å². The number of amides is 1. The second kappa shape index (κ2) is 7.12. The third-order valence-electron chi connectivity index (χ3n) is 3.33. The van der Waals surface area contributed by atoms with Gasteiger partial charge in [0.05, 0.1) is 20.9 Å². The fraction of sp³-hybridized carbons (Fsp3) is 0.500. The van der Waals surface area contributed by atoms with Gasteiger partial charge in [0.1, 0.15) is 17.1 Å². The molecule has 1 saturated heterocycles. The molecule has 0 spiro atoms. The van der Waals surface area contributed by atoms with E-state index in [1.165, 1.54) is 0 Å². The maximum atomic E-state index is 12.3. The fourth-order valence-electron chi connectivity index (χ4n) is 2.22. The molecule has 0 atom stereocenters. The third kappa shape index (κ3) is 3.40. The zero-order valence-electron chi connectivity index (χ0n) is 11.9. The van der Waals surface area contributed by atoms with Crippen LogP contribution in [0.2, 0.25) is 0 Å². The molecule has 20 heavy (non-hydrogen) atoms. The Kier molecular flexibility index (Phi) is 5.20. The van der Waals surface area contributed by atoms with Crippen LogP contribution in [-0.4, -0.2) is 57.9 Å². The molecule has 1 aliphatic rings. The standard InChI is InChI=1S/C14H21N3O3/c1-19-11-4-3-5-12(20-2)13(11)14(18)16-10-17-8-6-15-7-9-17/h3-5,15H,6-10H2,1-2H3,(H,16,18). The maximum Gasteiger partial charge on any atom is 0.259 e. The van der Waals surface area contributed by atoms with Crippen LogP contribution in [-0.2, 0) is 0 Å². The molecule has 0 bridgehead atoms. The van der Waals surface area contributed by atoms with Crippen molar-refractivity contribution in [2.75, 3.05) is 47.1 Å². The molecule has 110 valence electrons. The van der Waals surface area contributed by atoms with E-state index in [1.54, 1.807) is 32.4 Å². The molecule has 2 N–H and O–H groups in total. The Bertz CT molecular complexity index is 437. The summed E-state index contributed by atoms with van der Waals surface area (Å²) in [7, 11) is 3.09. The molecule has 6 heteroatoms. The van der Waals surface area contributed by atoms with Gasteiger partial charge in [0, 0.05) is 26.2 Å². The molecule has 1 heterocycles. The topological polar surface area (TPSA) is 62.8 Å². The quantitative estimate of drug-likeness (QED) is 0.811. The summed E-state index contributed by atoms with van der Waals surface area (Å²) in [5.74, 6) is 0.849. The van der Waals surface area contributed by atoms with Crippen LogP contribution in [0.25, 0.3) is 0 Å². The molecule has 1 aromatic carbocycles. The molecular formula is C14H21N3O3. The molecule has 1 fully saturated rings. The van der Waals surface area contributed by atoms with Gasteiger partial charge in [-0.05, 0) is 12.1 Å². The highest BCUT2D eigenvalue weighted by Gasteiger charge is 2.19. The van der Waals surface area contributed by atoms with Crippen LogP contribution < -0.4 is 20.1 Å². The highest BCUT2D eigenvalue weighted by Crippen LogP contribution is 2.27. The maximum absolute atomic E-state index is 12.3. The Hall–Kier alpha value is -1.79. The zero-order chi connectivity index (χ0) is 14.4. The van der Waals surface area contributed by atoms with Gasteiger partial charge < -0.3 is 20.1 Å². The van der Waals surface area contributed by atoms with E-state index < -0.39 is 0 Å². The molecule has 1 aliphatic heterocycles. The van der Waals surface area contributed by atoms with E-state index >= 15 is 0 Å². The van der Waals surface area contributed by atoms with Crippen LogP contribution in [0, 0.1) is 0 Å². The number of benzene rings is 1. The number of nitrogens with one attached hydrogen (secondary N) is 2. The zero-order valence-corrected chi connectivity index (χ0v) is 11.9. The van der Waals surface area contributed by atoms with Crippen molar-refractivity contribution in [2.24, 2.45) is 0 Å². The Labute approximate surface area is 119 Å². The largest absolute Gasteiger partial charge is 0.496 e. The number of hydrogen-bond donors (Lipinski definition) is 2. The van der Waals surface area contributed by atoms with Crippen LogP contribution in [0.15, 0.2) is 18.2 Å². The first-order chi connectivity index (χ1) is 9.76. The molecule has 6 nitrogen and oxygen atoms in total. The van der Waals surface area contributed by atoms with E-state index in [-0.39, 0.29) is 5.91 Å². The molecule has 0 aliphatic carbocycles. The SMILES string of the molecule is COc1cccc(OC)c1C(=O)NCN1CCNCC1. The molecule has 2 rings (SSSR count). The van der Waals surface area contributed by atoms with Gasteiger partial charge >= 0.3 is 0 Å². The lowest BCUT2D eigenvalue weighted by atomic mass is 10.1. The molecule has 1 aromatic rings. The highest BCUT2D eigenvalue weighted by molar-refractivity contribution is 5.99. The summed E-state index contributed by atoms with van der Waals surface area (Å²) >= 11 is 0. The Balaban J connectivity index is 2.04. The normalized spacial score (nSPS) is 15.7. The van der Waals surface area contributed by atoms with E-state index in [0.717, 1.165) is 26.2 Å². The van der Waals surface area contributed by atoms with Gasteiger partial charge in [-0.25, -0.2) is 0 Å². The minimum Gasteiger partial charge on any atom is -0.496 e. The summed E-state index contributed by atoms with van der Waals surface area (Å²) < 4.78 is 10.5. The number of carbonyl (C=O) groups is 1. The Morgan fingerprint density at radius 3 is 2.40 bits per heavy atom. The smallest absolute Gasteiger partial charge is 0.259 e. The predicted octanol–water partition coefficient (Wildman–Crippen LogP) is 0.296. The second-order valence-electron chi connectivity index (χ2n) is 4.57. The van der Waals surface area contributed by atoms with E-state index in [9.17, 15) is 4.79 Å². The van der Waals surface area contributed by atoms with Gasteiger partial charge in [0.25, 0.3) is 5.91 Å². The van der Waals surface area contributed by atoms with Gasteiger partial charge in [-0.3, -0.25) is 9.69 Å². The molecule has 0 saturated carbocycles. The van der Waals surface area contributed by atoms with Gasteiger partial charge in [-0.15, -0.1) is 0 Å². The number of methoxy groups -OCH3 is 2. The lowest BCUT2D eigenvalue weighted by molar-refractivity contribution is 0.0911. The minimum atomic E-state index is -0.183. The number of nitrogens with zero attached hydrogens (tertiary/aromatic N) is 1. The monoisotopic (exact) mass is 279 g/mol. The Morgan fingerprint density at radius 2 is 1.85 bits per heavy atom. The first-order valence-corrected chi connectivity index (χ1v) is 6.68. The van der Waals surface area contributed by atoms with E-state index in [4.69, 9.17) is 9.47 Å². The predicted molar refractivity (Wildman–Crippen MR) is 76.3 cm³/mol. The number of ether oxygens (including phenoxy) is 2. The first-order valence-electron chi connectivity index (χ1n) is 6.68. The molecule has 0 unspecified atom stereocenters. The average Bonchev–Trinajstić information content (AvgIpc) is 2.52. The van der Waals surface area contributed by atoms with Crippen LogP contribution >= 0.6 is 0 Å². The lowest BCUT2D eigenvalue weighted by Gasteiger charge is -2.27. The lowest BCUT2D eigenvalue weighted by Crippen LogP contribution is -2.48. The van der Waals surface area contributed by atoms with Crippen molar-refractivity contribution in [1.82, 2.24) is 15.5 Å². The summed E-state index contributed by atoms with van der Waals surface area (Å²) in [6.07, 6.45) is 0. The molecule has 0 aromatic heterocycles. The van der Waals surface area contributed by atoms with Crippen molar-refractivity contribution in [3.8, 4) is 11.5 Å². The number of hydrogen-bond acceptors (Lipinski definition) is 5. The summed E-state index contributed by atoms with van der Waals surface area (Å²) in [5.41, 5.74) is 0.438. The van der Waals surface area contributed by atoms with E-state index in [2.05, 4.69) is 15.5 Å². The highest BCUT2D eigenvalue weighted by atomic mass is 16.5. The van der Waals surface area contributed by atoms with Crippen molar-refractivity contribution < 1.29 is 14.3 Å². The minimum absolute atomic E-state index is 0.183. The van der Waals surface area contributed by atoms with Crippen LogP contribution in [0.4, 0.5) is 0 Å². The summed E-state index contributed by atoms with van der Waals surface area (Å²) in [4.78, 5) is 14.5. The summed E-state index contributed by atoms with van der Waals surface area (Å²) in [5, 5.41) is 6.19. The number of rotatable bonds is 5. The van der Waals surface area contributed by atoms with Crippen LogP contribution in [0.5, 0.6) is 11.5 Å². The first kappa shape index (κ1) is 14.6. The van der Waals surface area contributed by atoms with Gasteiger partial charge in [0.2, 0.25) is 0 Å². The van der Waals surface area contributed by atoms with Crippen LogP contribution in [0.1, 0.15) is 10.4 Å². The van der Waals surface area contributed by atoms with E-state index in [0.29, 0.717) is 23.7 Å².